The van der Waals surface area contributed by atoms with Gasteiger partial charge < -0.3 is 29.4 Å². The Kier molecular flexibility index (Phi) is 28.4. The van der Waals surface area contributed by atoms with Crippen molar-refractivity contribution in [1.29, 1.82) is 0 Å². The Morgan fingerprint density at radius 1 is 0.314 bits per heavy atom. The van der Waals surface area contributed by atoms with Crippen LogP contribution in [0.4, 0.5) is 0 Å². The highest BCUT2D eigenvalue weighted by molar-refractivity contribution is 6.10. The molecular formula is C106H86N2O10. The zero-order chi connectivity index (χ0) is 81.6. The molecule has 2 unspecified atom stereocenters. The predicted octanol–water partition coefficient (Wildman–Crippen LogP) is 22.1. The number of hydrogen-bond donors (Lipinski definition) is 2. The average molecular weight is 1550 g/mol. The second-order valence-corrected chi connectivity index (χ2v) is 28.3. The highest BCUT2D eigenvalue weighted by Gasteiger charge is 2.23. The molecule has 0 radical (unpaired) electrons. The summed E-state index contributed by atoms with van der Waals surface area (Å²) in [7, 11) is 0. The number of allylic oxidation sites excluding steroid dienone is 4. The van der Waals surface area contributed by atoms with Gasteiger partial charge >= 0.3 is 29.8 Å². The Balaban J connectivity index is 0.700. The fourth-order valence-electron chi connectivity index (χ4n) is 13.4. The van der Waals surface area contributed by atoms with Crippen molar-refractivity contribution in [3.05, 3.63) is 405 Å². The molecule has 2 N–H and O–H groups in total. The summed E-state index contributed by atoms with van der Waals surface area (Å²) >= 11 is 0. The van der Waals surface area contributed by atoms with Crippen LogP contribution in [0.25, 0.3) is 44.5 Å². The van der Waals surface area contributed by atoms with Gasteiger partial charge in [-0.15, -0.1) is 0 Å². The Hall–Kier alpha value is -14.8. The zero-order valence-corrected chi connectivity index (χ0v) is 65.7. The molecule has 7 heterocycles. The molecule has 0 saturated heterocycles. The number of esters is 4. The average Bonchev–Trinajstić information content (AvgIpc) is 0.797. The number of ether oxygens (including phenoxy) is 4. The van der Waals surface area contributed by atoms with E-state index in [0.717, 1.165) is 55.9 Å². The van der Waals surface area contributed by atoms with Crippen LogP contribution in [0, 0.1) is 47.4 Å². The molecule has 12 aromatic carbocycles. The van der Waals surface area contributed by atoms with Gasteiger partial charge in [0, 0.05) is 56.1 Å². The molecule has 7 aliphatic heterocycles. The van der Waals surface area contributed by atoms with Gasteiger partial charge in [-0.3, -0.25) is 4.99 Å². The van der Waals surface area contributed by atoms with Crippen LogP contribution >= 0.6 is 0 Å². The van der Waals surface area contributed by atoms with E-state index in [1.54, 1.807) is 84.9 Å². The fraction of sp³-hybridized carbons (Fsp3) is 0.151. The van der Waals surface area contributed by atoms with Crippen molar-refractivity contribution in [1.82, 2.24) is 5.32 Å². The zero-order valence-electron chi connectivity index (χ0n) is 65.7. The standard InChI is InChI=1S/C106H86N2O10/c1-75(85-31-13-11-14-32-85)107-101(108-76(2)86-33-15-12-16-34-86)99-95-39-25-40-96(99)88-61-53-78(54-62-88)44-48-82-28-22-36-92(72-82)104(112)116-68-18-8-4-6-10-20-70-118-106(114)94-38-24-30-84(74-94)50-46-80-57-65-90(66-58-80)98-42-26-41-97(100(98)102(109)110)89-63-55-79(56-64-89)45-49-83-29-23-37-93(73-83)105(113)117-69-19-9-5-3-7-17-67-115-103(111)91-35-21-27-81(71-91)47-43-77-51-59-87(95)60-52-77/h3-6,11-16,21-42,51-66,71-76H,7-10,17-20,67-70H2,1-2H3,(H,107,108)(H,109,110). The normalized spacial score (nSPS) is 13.9. The molecule has 118 heavy (non-hydrogen) atoms. The highest BCUT2D eigenvalue weighted by Crippen LogP contribution is 2.37. The van der Waals surface area contributed by atoms with Gasteiger partial charge in [-0.25, -0.2) is 24.0 Å². The van der Waals surface area contributed by atoms with Crippen molar-refractivity contribution in [2.45, 2.75) is 77.3 Å². The summed E-state index contributed by atoms with van der Waals surface area (Å²) in [5.41, 5.74) is 16.8. The number of carboxylic acid groups (broad SMARTS) is 1. The summed E-state index contributed by atoms with van der Waals surface area (Å²) in [6.45, 7) is 5.21. The first-order valence-electron chi connectivity index (χ1n) is 39.6. The van der Waals surface area contributed by atoms with Gasteiger partial charge in [0.1, 0.15) is 5.84 Å². The fourth-order valence-corrected chi connectivity index (χ4v) is 13.4. The van der Waals surface area contributed by atoms with E-state index in [1.165, 1.54) is 0 Å². The number of benzene rings is 12. The van der Waals surface area contributed by atoms with E-state index in [-0.39, 0.29) is 44.1 Å². The van der Waals surface area contributed by atoms with Crippen LogP contribution in [-0.2, 0) is 18.9 Å². The number of nitrogens with zero attached hydrogens (tertiary/aromatic N) is 1. The molecule has 19 rings (SSSR count). The molecule has 0 saturated carbocycles. The van der Waals surface area contributed by atoms with Gasteiger partial charge in [-0.1, -0.05) is 242 Å². The smallest absolute Gasteiger partial charge is 0.338 e. The van der Waals surface area contributed by atoms with E-state index in [2.05, 4.69) is 133 Å². The summed E-state index contributed by atoms with van der Waals surface area (Å²) in [6.07, 6.45) is 13.5. The van der Waals surface area contributed by atoms with Gasteiger partial charge in [-0.05, 0) is 242 Å². The first-order valence-corrected chi connectivity index (χ1v) is 39.6. The van der Waals surface area contributed by atoms with Crippen molar-refractivity contribution in [3.63, 3.8) is 0 Å². The molecule has 12 nitrogen and oxygen atoms in total. The summed E-state index contributed by atoms with van der Waals surface area (Å²) < 4.78 is 22.6. The first kappa shape index (κ1) is 81.2. The number of carbonyl (C=O) groups excluding carboxylic acids is 4. The van der Waals surface area contributed by atoms with Gasteiger partial charge in [0.15, 0.2) is 0 Å². The van der Waals surface area contributed by atoms with E-state index in [1.807, 2.05) is 164 Å². The lowest BCUT2D eigenvalue weighted by atomic mass is 9.89. The number of amidine groups is 1. The quantitative estimate of drug-likeness (QED) is 0.0406. The summed E-state index contributed by atoms with van der Waals surface area (Å²) in [5, 5.41) is 14.5. The summed E-state index contributed by atoms with van der Waals surface area (Å²) in [6, 6.07) is 91.4. The van der Waals surface area contributed by atoms with Crippen LogP contribution in [0.2, 0.25) is 0 Å². The lowest BCUT2D eigenvalue weighted by molar-refractivity contribution is 0.0491. The molecule has 0 spiro atoms. The molecule has 0 fully saturated rings. The van der Waals surface area contributed by atoms with Crippen LogP contribution in [0.1, 0.15) is 190 Å². The topological polar surface area (TPSA) is 167 Å². The number of carbonyl (C=O) groups is 5. The Labute approximate surface area is 690 Å². The molecule has 0 aromatic heterocycles. The Morgan fingerprint density at radius 2 is 0.585 bits per heavy atom. The lowest BCUT2D eigenvalue weighted by Crippen LogP contribution is -2.29. The highest BCUT2D eigenvalue weighted by atomic mass is 16.5. The van der Waals surface area contributed by atoms with Gasteiger partial charge in [0.25, 0.3) is 0 Å². The molecular weight excluding hydrogens is 1460 g/mol. The van der Waals surface area contributed by atoms with Crippen molar-refractivity contribution < 1.29 is 48.0 Å². The van der Waals surface area contributed by atoms with E-state index >= 15 is 0 Å². The molecule has 0 aliphatic carbocycles. The minimum atomic E-state index is -1.07. The number of aromatic carboxylic acids is 1. The molecule has 7 aliphatic rings. The first-order chi connectivity index (χ1) is 57.8. The van der Waals surface area contributed by atoms with Crippen LogP contribution in [0.3, 0.4) is 0 Å². The van der Waals surface area contributed by atoms with Crippen molar-refractivity contribution >= 4 is 35.7 Å². The largest absolute Gasteiger partial charge is 0.478 e. The van der Waals surface area contributed by atoms with Gasteiger partial charge in [-0.2, -0.15) is 0 Å². The molecule has 0 amide bonds. The second kappa shape index (κ2) is 41.3. The molecule has 12 heteroatoms. The third kappa shape index (κ3) is 22.8. The van der Waals surface area contributed by atoms with E-state index in [9.17, 15) is 29.1 Å². The number of nitrogens with one attached hydrogen (secondary N) is 1. The SMILES string of the molecule is CC(N=C(NC(C)c1ccccc1)c1c2cccc1-c1ccc(cc1)C#Cc1cccc(c1)C(=O)OCCCC=CCCCOC(=O)c1cccc(c1)C#Cc1ccc(cc1)-c1cccc(c1C(=O)O)-c1ccc(cc1)C#Cc1cccc(c1)C(=O)OCCCC=CCCCOC(=O)c1cccc(c1)C#Cc1ccc-2cc1)c1ccccc1. The molecule has 12 aromatic rings. The minimum Gasteiger partial charge on any atom is -0.478 e. The molecule has 20 bridgehead atoms. The van der Waals surface area contributed by atoms with Gasteiger partial charge in [0.2, 0.25) is 0 Å². The van der Waals surface area contributed by atoms with Crippen LogP contribution < -0.4 is 5.32 Å². The summed E-state index contributed by atoms with van der Waals surface area (Å²) in [4.78, 5) is 71.5. The Morgan fingerprint density at radius 3 is 0.881 bits per heavy atom. The second-order valence-electron chi connectivity index (χ2n) is 28.3. The number of carboxylic acids is 1. The molecule has 2 atom stereocenters. The molecule has 580 valence electrons. The maximum atomic E-state index is 13.3. The monoisotopic (exact) mass is 1550 g/mol. The maximum Gasteiger partial charge on any atom is 0.338 e. The third-order valence-corrected chi connectivity index (χ3v) is 19.7. The number of aliphatic imine (C=N–C) groups is 1. The van der Waals surface area contributed by atoms with E-state index in [4.69, 9.17) is 23.9 Å². The van der Waals surface area contributed by atoms with Crippen molar-refractivity contribution in [2.75, 3.05) is 26.4 Å². The summed E-state index contributed by atoms with van der Waals surface area (Å²) in [5.74, 6) is 23.7. The van der Waals surface area contributed by atoms with Crippen molar-refractivity contribution in [3.8, 4) is 91.9 Å². The third-order valence-electron chi connectivity index (χ3n) is 19.7. The van der Waals surface area contributed by atoms with E-state index < -0.39 is 29.8 Å². The number of hydrogen-bond acceptors (Lipinski definition) is 10. The van der Waals surface area contributed by atoms with Gasteiger partial charge in [0.05, 0.1) is 60.3 Å². The van der Waals surface area contributed by atoms with Crippen LogP contribution in [0.5, 0.6) is 0 Å². The predicted molar refractivity (Wildman–Crippen MR) is 467 cm³/mol. The van der Waals surface area contributed by atoms with E-state index in [0.29, 0.717) is 129 Å². The Bertz CT molecular complexity index is 5650. The maximum absolute atomic E-state index is 13.3. The minimum absolute atomic E-state index is 0.119. The number of rotatable bonds is 6. The van der Waals surface area contributed by atoms with Crippen LogP contribution in [0.15, 0.2) is 320 Å². The van der Waals surface area contributed by atoms with Crippen LogP contribution in [-0.4, -0.2) is 67.2 Å². The van der Waals surface area contributed by atoms with Crippen molar-refractivity contribution in [2.24, 2.45) is 4.99 Å². The lowest BCUT2D eigenvalue weighted by Gasteiger charge is -2.24.